The third-order valence-corrected chi connectivity index (χ3v) is 8.05. The summed E-state index contributed by atoms with van der Waals surface area (Å²) in [6, 6.07) is 17.2. The van der Waals surface area contributed by atoms with E-state index in [-0.39, 0.29) is 12.5 Å². The van der Waals surface area contributed by atoms with E-state index in [0.29, 0.717) is 29.2 Å². The predicted molar refractivity (Wildman–Crippen MR) is 138 cm³/mol. The van der Waals surface area contributed by atoms with Crippen molar-refractivity contribution in [3.63, 3.8) is 0 Å². The summed E-state index contributed by atoms with van der Waals surface area (Å²) < 4.78 is 20.7. The highest BCUT2D eigenvalue weighted by molar-refractivity contribution is 7.99. The van der Waals surface area contributed by atoms with Gasteiger partial charge in [-0.15, -0.1) is 11.8 Å². The number of alkyl halides is 1. The number of likely N-dealkylation sites (tertiary alicyclic amines) is 1. The molecule has 1 aromatic heterocycles. The fourth-order valence-electron chi connectivity index (χ4n) is 4.98. The zero-order valence-electron chi connectivity index (χ0n) is 20.1. The van der Waals surface area contributed by atoms with Crippen LogP contribution in [0, 0.1) is 23.2 Å². The number of nitriles is 1. The van der Waals surface area contributed by atoms with Gasteiger partial charge < -0.3 is 14.7 Å². The third-order valence-electron chi connectivity index (χ3n) is 6.99. The van der Waals surface area contributed by atoms with Crippen LogP contribution in [0.3, 0.4) is 0 Å². The minimum atomic E-state index is -1.08. The highest BCUT2D eigenvalue weighted by Crippen LogP contribution is 2.35. The van der Waals surface area contributed by atoms with Gasteiger partial charge >= 0.3 is 0 Å². The number of ether oxygens (including phenoxy) is 1. The molecule has 3 atom stereocenters. The van der Waals surface area contributed by atoms with Gasteiger partial charge in [-0.25, -0.2) is 4.39 Å². The Morgan fingerprint density at radius 3 is 2.91 bits per heavy atom. The molecule has 1 aliphatic rings. The van der Waals surface area contributed by atoms with Crippen molar-refractivity contribution in [2.24, 2.45) is 11.8 Å². The van der Waals surface area contributed by atoms with E-state index in [9.17, 15) is 10.4 Å². The molecule has 3 aromatic rings. The fourth-order valence-corrected chi connectivity index (χ4v) is 5.99. The highest BCUT2D eigenvalue weighted by Gasteiger charge is 2.29. The number of pyridine rings is 1. The maximum atomic E-state index is 15.4. The first kappa shape index (κ1) is 25.4. The molecule has 4 rings (SSSR count). The summed E-state index contributed by atoms with van der Waals surface area (Å²) in [5.74, 6) is 2.05. The standard InChI is InChI=1S/C28H32FN3O2S/c1-34-23-7-9-27-25(16-23)24(10-12-31-27)26(29)8-6-20-11-13-32(18-22(20)19-33)14-15-35-28-5-3-2-4-21(28)17-30/h2-5,7,9-10,12,16,20,22,26,33H,6,8,11,13-15,18-19H2,1H3/t20-,22-,26?/m1/s1. The average Bonchev–Trinajstić information content (AvgIpc) is 2.91. The van der Waals surface area contributed by atoms with Crippen LogP contribution < -0.4 is 4.74 Å². The number of methoxy groups -OCH3 is 1. The van der Waals surface area contributed by atoms with Gasteiger partial charge in [0.05, 0.1) is 18.2 Å². The molecule has 1 N–H and O–H groups in total. The maximum absolute atomic E-state index is 15.4. The van der Waals surface area contributed by atoms with Crippen molar-refractivity contribution in [3.8, 4) is 11.8 Å². The van der Waals surface area contributed by atoms with Crippen LogP contribution in [-0.2, 0) is 0 Å². The van der Waals surface area contributed by atoms with Gasteiger partial charge in [0.2, 0.25) is 0 Å². The van der Waals surface area contributed by atoms with Crippen molar-refractivity contribution in [1.29, 1.82) is 5.26 Å². The largest absolute Gasteiger partial charge is 0.497 e. The molecule has 184 valence electrons. The van der Waals surface area contributed by atoms with Gasteiger partial charge in [-0.05, 0) is 79.6 Å². The number of halogens is 1. The molecule has 0 aliphatic carbocycles. The van der Waals surface area contributed by atoms with Crippen molar-refractivity contribution in [2.75, 3.05) is 39.1 Å². The Morgan fingerprint density at radius 1 is 1.26 bits per heavy atom. The molecular formula is C28H32FN3O2S. The second-order valence-corrected chi connectivity index (χ2v) is 10.2. The van der Waals surface area contributed by atoms with Crippen LogP contribution >= 0.6 is 11.8 Å². The number of rotatable bonds is 10. The molecule has 0 radical (unpaired) electrons. The Hall–Kier alpha value is -2.66. The van der Waals surface area contributed by atoms with Crippen molar-refractivity contribution in [2.45, 2.75) is 30.3 Å². The molecule has 0 saturated carbocycles. The Morgan fingerprint density at radius 2 is 2.11 bits per heavy atom. The van der Waals surface area contributed by atoms with Gasteiger partial charge in [-0.2, -0.15) is 5.26 Å². The normalized spacial score (nSPS) is 19.4. The van der Waals surface area contributed by atoms with E-state index in [4.69, 9.17) is 4.74 Å². The zero-order valence-corrected chi connectivity index (χ0v) is 20.9. The van der Waals surface area contributed by atoms with E-state index in [1.165, 1.54) is 0 Å². The number of nitrogens with zero attached hydrogens (tertiary/aromatic N) is 3. The van der Waals surface area contributed by atoms with Crippen LogP contribution in [-0.4, -0.2) is 54.1 Å². The lowest BCUT2D eigenvalue weighted by Crippen LogP contribution is -2.43. The number of fused-ring (bicyclic) bond motifs is 1. The summed E-state index contributed by atoms with van der Waals surface area (Å²) in [7, 11) is 1.61. The molecule has 5 nitrogen and oxygen atoms in total. The number of piperidine rings is 1. The average molecular weight is 494 g/mol. The molecule has 2 aromatic carbocycles. The van der Waals surface area contributed by atoms with Gasteiger partial charge in [0, 0.05) is 41.9 Å². The molecule has 1 unspecified atom stereocenters. The first-order chi connectivity index (χ1) is 17.1. The third kappa shape index (κ3) is 6.32. The van der Waals surface area contributed by atoms with Crippen molar-refractivity contribution in [3.05, 3.63) is 65.9 Å². The van der Waals surface area contributed by atoms with Gasteiger partial charge in [0.15, 0.2) is 0 Å². The Labute approximate surface area is 210 Å². The summed E-state index contributed by atoms with van der Waals surface area (Å²) in [6.07, 6.45) is 2.72. The van der Waals surface area contributed by atoms with Crippen LogP contribution in [0.25, 0.3) is 10.9 Å². The van der Waals surface area contributed by atoms with Crippen LogP contribution in [0.4, 0.5) is 4.39 Å². The number of thioether (sulfide) groups is 1. The molecule has 0 bridgehead atoms. The van der Waals surface area contributed by atoms with E-state index in [1.807, 2.05) is 42.5 Å². The van der Waals surface area contributed by atoms with E-state index in [1.54, 1.807) is 31.1 Å². The Balaban J connectivity index is 1.30. The van der Waals surface area contributed by atoms with Crippen molar-refractivity contribution < 1.29 is 14.2 Å². The molecule has 2 heterocycles. The van der Waals surface area contributed by atoms with Crippen LogP contribution in [0.15, 0.2) is 59.6 Å². The fraction of sp³-hybridized carbons (Fsp3) is 0.429. The van der Waals surface area contributed by atoms with Crippen molar-refractivity contribution in [1.82, 2.24) is 9.88 Å². The topological polar surface area (TPSA) is 69.4 Å². The second kappa shape index (κ2) is 12.3. The van der Waals surface area contributed by atoms with E-state index >= 15 is 4.39 Å². The van der Waals surface area contributed by atoms with Crippen LogP contribution in [0.5, 0.6) is 5.75 Å². The summed E-state index contributed by atoms with van der Waals surface area (Å²) in [4.78, 5) is 7.76. The van der Waals surface area contributed by atoms with Gasteiger partial charge in [0.1, 0.15) is 18.0 Å². The number of aromatic nitrogens is 1. The summed E-state index contributed by atoms with van der Waals surface area (Å²) in [5, 5.41) is 20.1. The Bertz CT molecular complexity index is 1170. The minimum absolute atomic E-state index is 0.123. The first-order valence-electron chi connectivity index (χ1n) is 12.1. The zero-order chi connectivity index (χ0) is 24.6. The lowest BCUT2D eigenvalue weighted by atomic mass is 9.81. The molecule has 35 heavy (non-hydrogen) atoms. The lowest BCUT2D eigenvalue weighted by molar-refractivity contribution is 0.0672. The molecule has 1 fully saturated rings. The lowest BCUT2D eigenvalue weighted by Gasteiger charge is -2.38. The highest BCUT2D eigenvalue weighted by atomic mass is 32.2. The minimum Gasteiger partial charge on any atom is -0.497 e. The molecule has 7 heteroatoms. The number of hydrogen-bond acceptors (Lipinski definition) is 6. The van der Waals surface area contributed by atoms with Gasteiger partial charge in [0.25, 0.3) is 0 Å². The number of aliphatic hydroxyl groups excluding tert-OH is 1. The van der Waals surface area contributed by atoms with Crippen molar-refractivity contribution >= 4 is 22.7 Å². The smallest absolute Gasteiger partial charge is 0.126 e. The first-order valence-corrected chi connectivity index (χ1v) is 13.1. The monoisotopic (exact) mass is 493 g/mol. The van der Waals surface area contributed by atoms with E-state index < -0.39 is 6.17 Å². The quantitative estimate of drug-likeness (QED) is 0.369. The van der Waals surface area contributed by atoms with E-state index in [0.717, 1.165) is 54.0 Å². The second-order valence-electron chi connectivity index (χ2n) is 9.08. The van der Waals surface area contributed by atoms with Gasteiger partial charge in [-0.3, -0.25) is 4.98 Å². The number of benzene rings is 2. The molecule has 1 aliphatic heterocycles. The molecular weight excluding hydrogens is 461 g/mol. The van der Waals surface area contributed by atoms with E-state index in [2.05, 4.69) is 16.0 Å². The number of hydrogen-bond donors (Lipinski definition) is 1. The summed E-state index contributed by atoms with van der Waals surface area (Å²) in [6.45, 7) is 2.81. The molecule has 0 spiro atoms. The van der Waals surface area contributed by atoms with Gasteiger partial charge in [-0.1, -0.05) is 12.1 Å². The predicted octanol–water partition coefficient (Wildman–Crippen LogP) is 5.63. The maximum Gasteiger partial charge on any atom is 0.126 e. The molecule has 0 amide bonds. The summed E-state index contributed by atoms with van der Waals surface area (Å²) >= 11 is 1.70. The van der Waals surface area contributed by atoms with Crippen LogP contribution in [0.1, 0.15) is 36.6 Å². The Kier molecular flexibility index (Phi) is 8.97. The molecule has 1 saturated heterocycles. The van der Waals surface area contributed by atoms with Crippen LogP contribution in [0.2, 0.25) is 0 Å². The SMILES string of the molecule is COc1ccc2nccc(C(F)CC[C@@H]3CCN(CCSc4ccccc4C#N)C[C@@H]3CO)c2c1. The summed E-state index contributed by atoms with van der Waals surface area (Å²) in [5.41, 5.74) is 2.13. The number of aliphatic hydroxyl groups is 1.